The lowest BCUT2D eigenvalue weighted by molar-refractivity contribution is 0.0595. The molecule has 3 aromatic rings. The minimum absolute atomic E-state index is 0.0183. The number of aromatic nitrogens is 3. The molecule has 1 atom stereocenters. The van der Waals surface area contributed by atoms with E-state index in [0.29, 0.717) is 25.2 Å². The highest BCUT2D eigenvalue weighted by Crippen LogP contribution is 2.23. The van der Waals surface area contributed by atoms with Crippen LogP contribution in [0.4, 0.5) is 4.39 Å². The van der Waals surface area contributed by atoms with E-state index in [9.17, 15) is 18.8 Å². The number of carbonyl (C=O) groups is 2. The second kappa shape index (κ2) is 7.74. The van der Waals surface area contributed by atoms with Gasteiger partial charge in [-0.2, -0.15) is 0 Å². The van der Waals surface area contributed by atoms with Gasteiger partial charge in [0.05, 0.1) is 12.7 Å². The summed E-state index contributed by atoms with van der Waals surface area (Å²) in [5, 5.41) is 2.88. The monoisotopic (exact) mass is 412 g/mol. The molecule has 1 fully saturated rings. The summed E-state index contributed by atoms with van der Waals surface area (Å²) in [6, 6.07) is 6.10. The number of nitrogens with one attached hydrogen (secondary N) is 1. The number of methoxy groups -OCH3 is 1. The molecule has 0 radical (unpaired) electrons. The molecule has 1 amide bonds. The van der Waals surface area contributed by atoms with Crippen molar-refractivity contribution >= 4 is 17.5 Å². The molecule has 1 saturated heterocycles. The summed E-state index contributed by atoms with van der Waals surface area (Å²) in [5.41, 5.74) is 1.52. The molecule has 0 saturated carbocycles. The third kappa shape index (κ3) is 3.58. The van der Waals surface area contributed by atoms with Gasteiger partial charge < -0.3 is 9.64 Å². The van der Waals surface area contributed by atoms with Crippen molar-refractivity contribution in [1.82, 2.24) is 19.5 Å². The van der Waals surface area contributed by atoms with E-state index in [4.69, 9.17) is 0 Å². The van der Waals surface area contributed by atoms with Gasteiger partial charge in [0.1, 0.15) is 11.4 Å². The van der Waals surface area contributed by atoms with Crippen LogP contribution in [0.5, 0.6) is 0 Å². The zero-order valence-corrected chi connectivity index (χ0v) is 16.6. The number of nitrogens with zero attached hydrogens (tertiary/aromatic N) is 3. The Morgan fingerprint density at radius 3 is 2.87 bits per heavy atom. The number of carbonyl (C=O) groups excluding carboxylic acids is 2. The number of esters is 1. The third-order valence-corrected chi connectivity index (χ3v) is 5.39. The fourth-order valence-electron chi connectivity index (χ4n) is 3.88. The van der Waals surface area contributed by atoms with Crippen molar-refractivity contribution < 1.29 is 18.7 Å². The van der Waals surface area contributed by atoms with Crippen LogP contribution in [0.15, 0.2) is 35.3 Å². The molecule has 9 heteroatoms. The summed E-state index contributed by atoms with van der Waals surface area (Å²) in [5.74, 6) is -1.57. The van der Waals surface area contributed by atoms with Crippen molar-refractivity contribution in [2.45, 2.75) is 19.8 Å². The van der Waals surface area contributed by atoms with Gasteiger partial charge in [-0.05, 0) is 43.4 Å². The number of fused-ring (bicyclic) bond motifs is 1. The predicted octanol–water partition coefficient (Wildman–Crippen LogP) is 1.96. The zero-order valence-electron chi connectivity index (χ0n) is 16.6. The minimum Gasteiger partial charge on any atom is -0.465 e. The Hall–Kier alpha value is -3.49. The number of hydrogen-bond donors (Lipinski definition) is 1. The summed E-state index contributed by atoms with van der Waals surface area (Å²) in [4.78, 5) is 43.0. The van der Waals surface area contributed by atoms with E-state index >= 15 is 0 Å². The second-order valence-electron chi connectivity index (χ2n) is 7.53. The number of ether oxygens (including phenoxy) is 1. The van der Waals surface area contributed by atoms with E-state index in [1.54, 1.807) is 17.0 Å². The van der Waals surface area contributed by atoms with Gasteiger partial charge in [-0.1, -0.05) is 6.07 Å². The van der Waals surface area contributed by atoms with Gasteiger partial charge in [-0.15, -0.1) is 0 Å². The molecule has 0 aliphatic carbocycles. The predicted molar refractivity (Wildman–Crippen MR) is 106 cm³/mol. The summed E-state index contributed by atoms with van der Waals surface area (Å²) in [6.45, 7) is 2.79. The molecule has 0 spiro atoms. The number of H-pyrrole nitrogens is 1. The van der Waals surface area contributed by atoms with Crippen molar-refractivity contribution in [3.05, 3.63) is 69.0 Å². The maximum absolute atomic E-state index is 13.8. The molecule has 1 N–H and O–H groups in total. The Morgan fingerprint density at radius 2 is 2.10 bits per heavy atom. The highest BCUT2D eigenvalue weighted by Gasteiger charge is 2.29. The molecule has 1 unspecified atom stereocenters. The van der Waals surface area contributed by atoms with Gasteiger partial charge in [0, 0.05) is 31.0 Å². The SMILES string of the molecule is COC(=O)c1cc(CC2CCN(C(=O)c3cnc4cc(C)[nH]n4c3=O)C2)ccc1F. The molecule has 0 bridgehead atoms. The average molecular weight is 412 g/mol. The summed E-state index contributed by atoms with van der Waals surface area (Å²) >= 11 is 0. The first-order valence-corrected chi connectivity index (χ1v) is 9.60. The number of likely N-dealkylation sites (tertiary alicyclic amines) is 1. The highest BCUT2D eigenvalue weighted by molar-refractivity contribution is 5.94. The smallest absolute Gasteiger partial charge is 0.340 e. The van der Waals surface area contributed by atoms with Crippen LogP contribution in [0.3, 0.4) is 0 Å². The van der Waals surface area contributed by atoms with Crippen molar-refractivity contribution in [2.24, 2.45) is 5.92 Å². The lowest BCUT2D eigenvalue weighted by Crippen LogP contribution is -2.34. The Bertz CT molecular complexity index is 1200. The lowest BCUT2D eigenvalue weighted by Gasteiger charge is -2.16. The quantitative estimate of drug-likeness (QED) is 0.661. The number of hydrogen-bond acceptors (Lipinski definition) is 5. The Balaban J connectivity index is 1.48. The fourth-order valence-corrected chi connectivity index (χ4v) is 3.88. The maximum Gasteiger partial charge on any atom is 0.340 e. The van der Waals surface area contributed by atoms with Crippen LogP contribution in [0.2, 0.25) is 0 Å². The lowest BCUT2D eigenvalue weighted by atomic mass is 9.97. The summed E-state index contributed by atoms with van der Waals surface area (Å²) < 4.78 is 19.7. The molecular formula is C21H21FN4O4. The molecule has 8 nitrogen and oxygen atoms in total. The fraction of sp³-hybridized carbons (Fsp3) is 0.333. The first kappa shape index (κ1) is 19.8. The standard InChI is InChI=1S/C21H21FN4O4/c1-12-7-18-23-10-16(20(28)26(18)24-12)19(27)25-6-5-14(11-25)8-13-3-4-17(22)15(9-13)21(29)30-2/h3-4,7,9-10,14,24H,5-6,8,11H2,1-2H3. The zero-order chi connectivity index (χ0) is 21.4. The van der Waals surface area contributed by atoms with Gasteiger partial charge >= 0.3 is 5.97 Å². The molecule has 1 aliphatic rings. The number of halogens is 1. The Morgan fingerprint density at radius 1 is 1.30 bits per heavy atom. The van der Waals surface area contributed by atoms with Crippen molar-refractivity contribution in [2.75, 3.05) is 20.2 Å². The van der Waals surface area contributed by atoms with Crippen LogP contribution in [0.25, 0.3) is 5.65 Å². The van der Waals surface area contributed by atoms with E-state index in [-0.39, 0.29) is 23.0 Å². The number of aryl methyl sites for hydroxylation is 1. The minimum atomic E-state index is -0.722. The number of amides is 1. The van der Waals surface area contributed by atoms with E-state index < -0.39 is 17.3 Å². The van der Waals surface area contributed by atoms with Crippen LogP contribution in [-0.4, -0.2) is 51.6 Å². The molecule has 1 aliphatic heterocycles. The topological polar surface area (TPSA) is 96.8 Å². The molecule has 156 valence electrons. The van der Waals surface area contributed by atoms with Crippen LogP contribution >= 0.6 is 0 Å². The molecule has 1 aromatic carbocycles. The Labute approximate surface area is 171 Å². The van der Waals surface area contributed by atoms with E-state index in [2.05, 4.69) is 14.8 Å². The molecule has 2 aromatic heterocycles. The first-order valence-electron chi connectivity index (χ1n) is 9.60. The van der Waals surface area contributed by atoms with Crippen molar-refractivity contribution in [3.8, 4) is 0 Å². The number of rotatable bonds is 4. The molecule has 30 heavy (non-hydrogen) atoms. The van der Waals surface area contributed by atoms with Crippen LogP contribution in [-0.2, 0) is 11.2 Å². The van der Waals surface area contributed by atoms with Gasteiger partial charge in [-0.3, -0.25) is 14.7 Å². The van der Waals surface area contributed by atoms with Gasteiger partial charge in [0.15, 0.2) is 5.65 Å². The van der Waals surface area contributed by atoms with Gasteiger partial charge in [0.2, 0.25) is 0 Å². The third-order valence-electron chi connectivity index (χ3n) is 5.39. The number of benzene rings is 1. The van der Waals surface area contributed by atoms with Crippen molar-refractivity contribution in [1.29, 1.82) is 0 Å². The summed E-state index contributed by atoms with van der Waals surface area (Å²) in [6.07, 6.45) is 2.65. The normalized spacial score (nSPS) is 16.2. The van der Waals surface area contributed by atoms with E-state index in [1.807, 2.05) is 6.92 Å². The van der Waals surface area contributed by atoms with Crippen LogP contribution < -0.4 is 5.56 Å². The van der Waals surface area contributed by atoms with E-state index in [0.717, 1.165) is 17.7 Å². The average Bonchev–Trinajstić information content (AvgIpc) is 3.35. The maximum atomic E-state index is 13.8. The van der Waals surface area contributed by atoms with E-state index in [1.165, 1.54) is 30.0 Å². The largest absolute Gasteiger partial charge is 0.465 e. The van der Waals surface area contributed by atoms with Gasteiger partial charge in [0.25, 0.3) is 11.5 Å². The van der Waals surface area contributed by atoms with Gasteiger partial charge in [-0.25, -0.2) is 18.7 Å². The first-order chi connectivity index (χ1) is 14.4. The highest BCUT2D eigenvalue weighted by atomic mass is 19.1. The Kier molecular flexibility index (Phi) is 5.11. The summed E-state index contributed by atoms with van der Waals surface area (Å²) in [7, 11) is 1.21. The van der Waals surface area contributed by atoms with Crippen molar-refractivity contribution in [3.63, 3.8) is 0 Å². The van der Waals surface area contributed by atoms with Crippen LogP contribution in [0.1, 0.15) is 38.4 Å². The molecule has 3 heterocycles. The second-order valence-corrected chi connectivity index (χ2v) is 7.53. The number of aromatic amines is 1. The van der Waals surface area contributed by atoms with Crippen LogP contribution in [0, 0.1) is 18.7 Å². The molecular weight excluding hydrogens is 391 g/mol. The molecule has 4 rings (SSSR count).